The largest absolute Gasteiger partial charge is 0.269 e. The first-order valence-corrected chi connectivity index (χ1v) is 7.98. The Balaban J connectivity index is 1.83. The van der Waals surface area contributed by atoms with Crippen LogP contribution in [0.25, 0.3) is 20.8 Å². The summed E-state index contributed by atoms with van der Waals surface area (Å²) < 4.78 is 1.11. The van der Waals surface area contributed by atoms with Crippen molar-refractivity contribution < 1.29 is 9.59 Å². The van der Waals surface area contributed by atoms with E-state index in [0.717, 1.165) is 26.4 Å². The minimum Gasteiger partial charge on any atom is -0.269 e. The Hall–Kier alpha value is -2.79. The van der Waals surface area contributed by atoms with Crippen LogP contribution in [0.2, 0.25) is 0 Å². The molecule has 0 saturated carbocycles. The molecule has 0 atom stereocenters. The smallest absolute Gasteiger partial charge is 0.258 e. The van der Waals surface area contributed by atoms with Gasteiger partial charge < -0.3 is 0 Å². The van der Waals surface area contributed by atoms with Crippen molar-refractivity contribution in [3.05, 3.63) is 60.2 Å². The molecule has 5 heteroatoms. The molecule has 23 heavy (non-hydrogen) atoms. The molecule has 0 spiro atoms. The Morgan fingerprint density at radius 3 is 2.48 bits per heavy atom. The third-order valence-electron chi connectivity index (χ3n) is 3.80. The maximum Gasteiger partial charge on any atom is 0.258 e. The molecule has 2 amide bonds. The molecule has 0 saturated heterocycles. The summed E-state index contributed by atoms with van der Waals surface area (Å²) in [4.78, 5) is 29.7. The highest BCUT2D eigenvalue weighted by molar-refractivity contribution is 7.21. The molecular weight excluding hydrogens is 308 g/mol. The lowest BCUT2D eigenvalue weighted by Gasteiger charge is -2.17. The quantitative estimate of drug-likeness (QED) is 0.677. The van der Waals surface area contributed by atoms with Crippen molar-refractivity contribution in [2.24, 2.45) is 0 Å². The fourth-order valence-corrected chi connectivity index (χ4v) is 3.58. The van der Waals surface area contributed by atoms with Crippen molar-refractivity contribution in [3.63, 3.8) is 0 Å². The Morgan fingerprint density at radius 2 is 1.74 bits per heavy atom. The van der Waals surface area contributed by atoms with Crippen LogP contribution in [-0.2, 0) is 9.59 Å². The van der Waals surface area contributed by atoms with Crippen LogP contribution >= 0.6 is 11.3 Å². The van der Waals surface area contributed by atoms with E-state index in [-0.39, 0.29) is 11.8 Å². The second kappa shape index (κ2) is 5.14. The van der Waals surface area contributed by atoms with E-state index < -0.39 is 0 Å². The number of thiazole rings is 1. The van der Waals surface area contributed by atoms with Crippen LogP contribution < -0.4 is 4.90 Å². The van der Waals surface area contributed by atoms with Crippen LogP contribution in [0.5, 0.6) is 0 Å². The van der Waals surface area contributed by atoms with Gasteiger partial charge in [0.05, 0.1) is 15.9 Å². The van der Waals surface area contributed by atoms with Gasteiger partial charge in [-0.25, -0.2) is 9.88 Å². The van der Waals surface area contributed by atoms with Gasteiger partial charge in [0.2, 0.25) is 0 Å². The molecule has 2 aromatic carbocycles. The van der Waals surface area contributed by atoms with E-state index in [2.05, 4.69) is 4.98 Å². The SMILES string of the molecule is Cc1ccc(-c2nc3ccccc3s2)cc1N1C(=O)C=CC1=O. The number of anilines is 1. The average molecular weight is 320 g/mol. The van der Waals surface area contributed by atoms with E-state index in [1.807, 2.05) is 49.4 Å². The van der Waals surface area contributed by atoms with Crippen molar-refractivity contribution in [1.29, 1.82) is 0 Å². The minimum absolute atomic E-state index is 0.306. The Labute approximate surface area is 136 Å². The predicted octanol–water partition coefficient (Wildman–Crippen LogP) is 3.70. The van der Waals surface area contributed by atoms with E-state index >= 15 is 0 Å². The molecular formula is C18H12N2O2S. The predicted molar refractivity (Wildman–Crippen MR) is 91.4 cm³/mol. The van der Waals surface area contributed by atoms with Gasteiger partial charge in [-0.3, -0.25) is 9.59 Å². The summed E-state index contributed by atoms with van der Waals surface area (Å²) in [5, 5.41) is 0.875. The zero-order chi connectivity index (χ0) is 16.0. The number of rotatable bonds is 2. The summed E-state index contributed by atoms with van der Waals surface area (Å²) in [5.41, 5.74) is 3.34. The molecule has 4 rings (SSSR count). The number of amides is 2. The Kier molecular flexibility index (Phi) is 3.09. The molecule has 1 aliphatic heterocycles. The van der Waals surface area contributed by atoms with E-state index in [9.17, 15) is 9.59 Å². The third-order valence-corrected chi connectivity index (χ3v) is 4.89. The van der Waals surface area contributed by atoms with Crippen molar-refractivity contribution in [2.45, 2.75) is 6.92 Å². The number of carbonyl (C=O) groups is 2. The first kappa shape index (κ1) is 13.8. The molecule has 2 heterocycles. The number of benzene rings is 2. The standard InChI is InChI=1S/C18H12N2O2S/c1-11-6-7-12(10-14(11)20-16(21)8-9-17(20)22)18-19-13-4-2-3-5-15(13)23-18/h2-10H,1H3. The zero-order valence-electron chi connectivity index (χ0n) is 12.3. The lowest BCUT2D eigenvalue weighted by atomic mass is 10.1. The van der Waals surface area contributed by atoms with Gasteiger partial charge in [0.25, 0.3) is 11.8 Å². The highest BCUT2D eigenvalue weighted by atomic mass is 32.1. The van der Waals surface area contributed by atoms with Crippen molar-refractivity contribution in [1.82, 2.24) is 4.98 Å². The zero-order valence-corrected chi connectivity index (χ0v) is 13.1. The van der Waals surface area contributed by atoms with E-state index in [1.54, 1.807) is 11.3 Å². The lowest BCUT2D eigenvalue weighted by molar-refractivity contribution is -0.119. The molecule has 0 fully saturated rings. The van der Waals surface area contributed by atoms with E-state index in [0.29, 0.717) is 5.69 Å². The summed E-state index contributed by atoms with van der Waals surface area (Å²) in [6, 6.07) is 13.7. The second-order valence-corrected chi connectivity index (χ2v) is 6.36. The average Bonchev–Trinajstić information content (AvgIpc) is 3.12. The van der Waals surface area contributed by atoms with Crippen molar-refractivity contribution >= 4 is 39.1 Å². The van der Waals surface area contributed by atoms with Crippen molar-refractivity contribution in [3.8, 4) is 10.6 Å². The topological polar surface area (TPSA) is 50.3 Å². The summed E-state index contributed by atoms with van der Waals surface area (Å²) in [5.74, 6) is -0.612. The van der Waals surface area contributed by atoms with Gasteiger partial charge in [0.1, 0.15) is 5.01 Å². The first-order valence-electron chi connectivity index (χ1n) is 7.16. The molecule has 3 aromatic rings. The Bertz CT molecular complexity index is 937. The molecule has 1 aromatic heterocycles. The first-order chi connectivity index (χ1) is 11.1. The maximum atomic E-state index is 11.9. The van der Waals surface area contributed by atoms with Gasteiger partial charge in [0.15, 0.2) is 0 Å². The number of imide groups is 1. The number of para-hydroxylation sites is 1. The fraction of sp³-hybridized carbons (Fsp3) is 0.0556. The molecule has 1 aliphatic rings. The molecule has 0 bridgehead atoms. The molecule has 0 N–H and O–H groups in total. The van der Waals surface area contributed by atoms with Gasteiger partial charge in [-0.1, -0.05) is 24.3 Å². The van der Waals surface area contributed by atoms with Crippen LogP contribution in [-0.4, -0.2) is 16.8 Å². The second-order valence-electron chi connectivity index (χ2n) is 5.33. The molecule has 0 unspecified atom stereocenters. The van der Waals surface area contributed by atoms with Gasteiger partial charge in [0, 0.05) is 17.7 Å². The number of aryl methyl sites for hydroxylation is 1. The maximum absolute atomic E-state index is 11.9. The minimum atomic E-state index is -0.306. The molecule has 0 radical (unpaired) electrons. The number of fused-ring (bicyclic) bond motifs is 1. The number of aromatic nitrogens is 1. The number of carbonyl (C=O) groups excluding carboxylic acids is 2. The molecule has 0 aliphatic carbocycles. The van der Waals surface area contributed by atoms with Crippen LogP contribution in [0.1, 0.15) is 5.56 Å². The van der Waals surface area contributed by atoms with E-state index in [1.165, 1.54) is 17.1 Å². The van der Waals surface area contributed by atoms with Gasteiger partial charge in [-0.05, 0) is 30.7 Å². The van der Waals surface area contributed by atoms with E-state index in [4.69, 9.17) is 0 Å². The number of hydrogen-bond donors (Lipinski definition) is 0. The molecule has 4 nitrogen and oxygen atoms in total. The number of nitrogens with zero attached hydrogens (tertiary/aromatic N) is 2. The highest BCUT2D eigenvalue weighted by Gasteiger charge is 2.26. The van der Waals surface area contributed by atoms with Crippen LogP contribution in [0.15, 0.2) is 54.6 Å². The summed E-state index contributed by atoms with van der Waals surface area (Å²) in [7, 11) is 0. The van der Waals surface area contributed by atoms with Crippen molar-refractivity contribution in [2.75, 3.05) is 4.90 Å². The highest BCUT2D eigenvalue weighted by Crippen LogP contribution is 2.34. The van der Waals surface area contributed by atoms with Gasteiger partial charge in [-0.15, -0.1) is 11.3 Å². The number of hydrogen-bond acceptors (Lipinski definition) is 4. The summed E-state index contributed by atoms with van der Waals surface area (Å²) >= 11 is 1.59. The van der Waals surface area contributed by atoms with Crippen LogP contribution in [0.3, 0.4) is 0 Å². The van der Waals surface area contributed by atoms with Crippen LogP contribution in [0.4, 0.5) is 5.69 Å². The lowest BCUT2D eigenvalue weighted by Crippen LogP contribution is -2.30. The summed E-state index contributed by atoms with van der Waals surface area (Å²) in [6.07, 6.45) is 2.60. The fourth-order valence-electron chi connectivity index (χ4n) is 2.62. The Morgan fingerprint density at radius 1 is 1.00 bits per heavy atom. The third kappa shape index (κ3) is 2.26. The molecule has 112 valence electrons. The monoisotopic (exact) mass is 320 g/mol. The van der Waals surface area contributed by atoms with Gasteiger partial charge in [-0.2, -0.15) is 0 Å². The normalized spacial score (nSPS) is 14.2. The van der Waals surface area contributed by atoms with Crippen LogP contribution in [0, 0.1) is 6.92 Å². The summed E-state index contributed by atoms with van der Waals surface area (Å²) in [6.45, 7) is 1.89. The van der Waals surface area contributed by atoms with Gasteiger partial charge >= 0.3 is 0 Å².